The number of carbonyl (C=O) groups is 1. The lowest BCUT2D eigenvalue weighted by molar-refractivity contribution is -0.167. The van der Waals surface area contributed by atoms with Crippen LogP contribution in [0.5, 0.6) is 0 Å². The van der Waals surface area contributed by atoms with E-state index in [2.05, 4.69) is 20.4 Å². The molecule has 8 nitrogen and oxygen atoms in total. The molecule has 0 unspecified atom stereocenters. The van der Waals surface area contributed by atoms with Gasteiger partial charge in [0.1, 0.15) is 24.3 Å². The number of nitrogens with zero attached hydrogens (tertiary/aromatic N) is 6. The quantitative estimate of drug-likeness (QED) is 0.622. The molecule has 2 heterocycles. The highest BCUT2D eigenvalue weighted by Gasteiger charge is 2.46. The minimum absolute atomic E-state index is 0.00685. The summed E-state index contributed by atoms with van der Waals surface area (Å²) >= 11 is 0. The summed E-state index contributed by atoms with van der Waals surface area (Å²) in [4.78, 5) is 15.8. The summed E-state index contributed by atoms with van der Waals surface area (Å²) in [5.41, 5.74) is -1.57. The second-order valence-electron chi connectivity index (χ2n) is 5.76. The molecule has 0 aliphatic carbocycles. The van der Waals surface area contributed by atoms with Crippen LogP contribution in [0.3, 0.4) is 0 Å². The van der Waals surface area contributed by atoms with Gasteiger partial charge in [-0.15, -0.1) is 5.10 Å². The molecule has 0 fully saturated rings. The molecule has 3 aromatic rings. The smallest absolute Gasteiger partial charge is 0.303 e. The topological polar surface area (TPSA) is 87.7 Å². The number of benzene rings is 1. The highest BCUT2D eigenvalue weighted by molar-refractivity contribution is 5.67. The van der Waals surface area contributed by atoms with Crippen LogP contribution >= 0.6 is 0 Å². The Balaban J connectivity index is 2.20. The van der Waals surface area contributed by atoms with Gasteiger partial charge in [-0.05, 0) is 19.1 Å². The predicted octanol–water partition coefficient (Wildman–Crippen LogP) is 1.87. The Labute approximate surface area is 147 Å². The van der Waals surface area contributed by atoms with E-state index in [9.17, 15) is 13.6 Å². The first-order valence-corrected chi connectivity index (χ1v) is 7.75. The Hall–Kier alpha value is -3.17. The van der Waals surface area contributed by atoms with E-state index in [0.29, 0.717) is 0 Å². The molecule has 2 aromatic heterocycles. The van der Waals surface area contributed by atoms with Gasteiger partial charge in [0.2, 0.25) is 0 Å². The fourth-order valence-electron chi connectivity index (χ4n) is 2.90. The zero-order valence-electron chi connectivity index (χ0n) is 14.1. The molecule has 1 aromatic carbocycles. The van der Waals surface area contributed by atoms with Crippen molar-refractivity contribution in [3.63, 3.8) is 0 Å². The maximum Gasteiger partial charge on any atom is 0.303 e. The molecule has 0 radical (unpaired) electrons. The van der Waals surface area contributed by atoms with Crippen molar-refractivity contribution in [3.05, 3.63) is 60.4 Å². The number of ether oxygens (including phenoxy) is 1. The summed E-state index contributed by atoms with van der Waals surface area (Å²) in [5.74, 6) is -2.23. The van der Waals surface area contributed by atoms with Gasteiger partial charge < -0.3 is 4.74 Å². The summed E-state index contributed by atoms with van der Waals surface area (Å²) in [5, 5.41) is 11.7. The van der Waals surface area contributed by atoms with Gasteiger partial charge in [-0.3, -0.25) is 4.79 Å². The summed E-state index contributed by atoms with van der Waals surface area (Å²) in [6.45, 7) is 2.85. The third-order valence-corrected chi connectivity index (χ3v) is 4.09. The van der Waals surface area contributed by atoms with Crippen molar-refractivity contribution in [1.82, 2.24) is 29.8 Å². The maximum absolute atomic E-state index is 14.7. The largest absolute Gasteiger partial charge is 0.450 e. The second-order valence-corrected chi connectivity index (χ2v) is 5.76. The number of carbonyl (C=O) groups excluding carboxylic acids is 1. The molecule has 136 valence electrons. The van der Waals surface area contributed by atoms with Crippen LogP contribution in [0.4, 0.5) is 8.78 Å². The number of rotatable bonds is 6. The zero-order chi connectivity index (χ0) is 18.7. The molecular weight excluding hydrogens is 346 g/mol. The van der Waals surface area contributed by atoms with E-state index in [0.717, 1.165) is 12.1 Å². The standard InChI is InChI=1S/C16H16F2N6O2/c1-11(24-6-5-20-22-24)16(26-12(2)25,8-23-10-19-9-21-23)14-4-3-13(17)7-15(14)18/h3-7,9-11H,8H2,1-2H3/t11-,16-/m1/s1. The van der Waals surface area contributed by atoms with Gasteiger partial charge in [0.25, 0.3) is 0 Å². The average Bonchev–Trinajstić information content (AvgIpc) is 3.26. The number of halogens is 2. The van der Waals surface area contributed by atoms with Crippen LogP contribution < -0.4 is 0 Å². The van der Waals surface area contributed by atoms with Crippen LogP contribution in [0.1, 0.15) is 25.5 Å². The lowest BCUT2D eigenvalue weighted by Gasteiger charge is -2.38. The number of hydrogen-bond donors (Lipinski definition) is 0. The van der Waals surface area contributed by atoms with Crippen molar-refractivity contribution in [2.45, 2.75) is 32.0 Å². The third-order valence-electron chi connectivity index (χ3n) is 4.09. The zero-order valence-corrected chi connectivity index (χ0v) is 14.1. The second kappa shape index (κ2) is 6.98. The molecule has 0 spiro atoms. The Bertz CT molecular complexity index is 884. The van der Waals surface area contributed by atoms with Crippen molar-refractivity contribution in [3.8, 4) is 0 Å². The van der Waals surface area contributed by atoms with Gasteiger partial charge in [0.05, 0.1) is 18.8 Å². The minimum Gasteiger partial charge on any atom is -0.450 e. The van der Waals surface area contributed by atoms with Crippen LogP contribution in [0.15, 0.2) is 43.2 Å². The molecule has 26 heavy (non-hydrogen) atoms. The van der Waals surface area contributed by atoms with Gasteiger partial charge in [0, 0.05) is 24.8 Å². The highest BCUT2D eigenvalue weighted by Crippen LogP contribution is 2.40. The molecule has 0 aliphatic heterocycles. The molecule has 3 rings (SSSR count). The average molecular weight is 362 g/mol. The monoisotopic (exact) mass is 362 g/mol. The first-order valence-electron chi connectivity index (χ1n) is 7.75. The molecule has 0 saturated carbocycles. The van der Waals surface area contributed by atoms with E-state index in [4.69, 9.17) is 4.74 Å². The SMILES string of the molecule is CC(=O)O[C@@](Cn1cncn1)(c1ccc(F)cc1F)[C@@H](C)n1ccnn1. The number of aromatic nitrogens is 6. The Morgan fingerprint density at radius 1 is 1.38 bits per heavy atom. The normalized spacial score (nSPS) is 14.6. The van der Waals surface area contributed by atoms with E-state index in [-0.39, 0.29) is 12.1 Å². The fourth-order valence-corrected chi connectivity index (χ4v) is 2.90. The Kier molecular flexibility index (Phi) is 4.74. The predicted molar refractivity (Wildman–Crippen MR) is 84.6 cm³/mol. The van der Waals surface area contributed by atoms with Crippen molar-refractivity contribution >= 4 is 5.97 Å². The van der Waals surface area contributed by atoms with Crippen LogP contribution in [0, 0.1) is 11.6 Å². The summed E-state index contributed by atoms with van der Waals surface area (Å²) in [6, 6.07) is 2.41. The Morgan fingerprint density at radius 2 is 2.19 bits per heavy atom. The van der Waals surface area contributed by atoms with Gasteiger partial charge in [0.15, 0.2) is 5.60 Å². The summed E-state index contributed by atoms with van der Waals surface area (Å²) in [7, 11) is 0. The molecular formula is C16H16F2N6O2. The lowest BCUT2D eigenvalue weighted by Crippen LogP contribution is -2.44. The van der Waals surface area contributed by atoms with Gasteiger partial charge in [-0.1, -0.05) is 5.21 Å². The van der Waals surface area contributed by atoms with E-state index in [1.807, 2.05) is 0 Å². The van der Waals surface area contributed by atoms with Gasteiger partial charge in [-0.25, -0.2) is 23.1 Å². The first-order chi connectivity index (χ1) is 12.4. The lowest BCUT2D eigenvalue weighted by atomic mass is 9.86. The summed E-state index contributed by atoms with van der Waals surface area (Å²) < 4.78 is 36.6. The van der Waals surface area contributed by atoms with E-state index < -0.39 is 29.2 Å². The van der Waals surface area contributed by atoms with Crippen LogP contribution in [0.25, 0.3) is 0 Å². The summed E-state index contributed by atoms with van der Waals surface area (Å²) in [6.07, 6.45) is 5.73. The maximum atomic E-state index is 14.7. The first kappa shape index (κ1) is 17.6. The third kappa shape index (κ3) is 3.30. The molecule has 2 atom stereocenters. The van der Waals surface area contributed by atoms with E-state index >= 15 is 0 Å². The van der Waals surface area contributed by atoms with Crippen molar-refractivity contribution in [1.29, 1.82) is 0 Å². The van der Waals surface area contributed by atoms with Crippen LogP contribution in [0.2, 0.25) is 0 Å². The Morgan fingerprint density at radius 3 is 2.77 bits per heavy atom. The molecule has 0 aliphatic rings. The molecule has 10 heteroatoms. The van der Waals surface area contributed by atoms with Gasteiger partial charge in [-0.2, -0.15) is 5.10 Å². The molecule has 0 amide bonds. The molecule has 0 bridgehead atoms. The van der Waals surface area contributed by atoms with Crippen molar-refractivity contribution in [2.75, 3.05) is 0 Å². The van der Waals surface area contributed by atoms with Crippen molar-refractivity contribution < 1.29 is 18.3 Å². The number of esters is 1. The molecule has 0 N–H and O–H groups in total. The van der Waals surface area contributed by atoms with Crippen molar-refractivity contribution in [2.24, 2.45) is 0 Å². The molecule has 0 saturated heterocycles. The van der Waals surface area contributed by atoms with Gasteiger partial charge >= 0.3 is 5.97 Å². The van der Waals surface area contributed by atoms with E-state index in [1.54, 1.807) is 13.1 Å². The fraction of sp³-hybridized carbons (Fsp3) is 0.312. The van der Waals surface area contributed by atoms with Crippen LogP contribution in [-0.2, 0) is 21.7 Å². The number of hydrogen-bond acceptors (Lipinski definition) is 6. The minimum atomic E-state index is -1.56. The van der Waals surface area contributed by atoms with E-state index in [1.165, 1.54) is 41.2 Å². The highest BCUT2D eigenvalue weighted by atomic mass is 19.1. The van der Waals surface area contributed by atoms with Crippen LogP contribution in [-0.4, -0.2) is 35.7 Å².